The first kappa shape index (κ1) is 14.2. The minimum Gasteiger partial charge on any atom is -0.481 e. The van der Waals surface area contributed by atoms with Crippen molar-refractivity contribution in [3.63, 3.8) is 0 Å². The lowest BCUT2D eigenvalue weighted by atomic mass is 10.2. The number of hydroxylamine groups is 1. The maximum atomic E-state index is 5.41. The van der Waals surface area contributed by atoms with Crippen LogP contribution in [0.15, 0.2) is 36.7 Å². The quantitative estimate of drug-likeness (QED) is 0.613. The second-order valence-electron chi connectivity index (χ2n) is 3.97. The molecule has 0 amide bonds. The van der Waals surface area contributed by atoms with Gasteiger partial charge in [-0.25, -0.2) is 9.97 Å². The van der Waals surface area contributed by atoms with Crippen molar-refractivity contribution in [2.24, 2.45) is 0 Å². The van der Waals surface area contributed by atoms with Gasteiger partial charge in [-0.1, -0.05) is 30.3 Å². The molecule has 0 saturated carbocycles. The first-order valence-corrected chi connectivity index (χ1v) is 6.15. The number of methoxy groups -OCH3 is 2. The van der Waals surface area contributed by atoms with Crippen LogP contribution in [-0.2, 0) is 18.0 Å². The van der Waals surface area contributed by atoms with Gasteiger partial charge in [-0.3, -0.25) is 4.84 Å². The predicted octanol–water partition coefficient (Wildman–Crippen LogP) is 1.72. The summed E-state index contributed by atoms with van der Waals surface area (Å²) in [4.78, 5) is 13.5. The zero-order valence-corrected chi connectivity index (χ0v) is 11.5. The lowest BCUT2D eigenvalue weighted by Gasteiger charge is -2.11. The van der Waals surface area contributed by atoms with Crippen molar-refractivity contribution in [3.8, 4) is 11.8 Å². The van der Waals surface area contributed by atoms with Crippen molar-refractivity contribution in [2.45, 2.75) is 13.2 Å². The fourth-order valence-corrected chi connectivity index (χ4v) is 1.72. The molecule has 6 heteroatoms. The summed E-state index contributed by atoms with van der Waals surface area (Å²) in [6.07, 6.45) is 1.39. The number of rotatable bonds is 7. The van der Waals surface area contributed by atoms with Gasteiger partial charge in [0, 0.05) is 0 Å². The summed E-state index contributed by atoms with van der Waals surface area (Å²) in [6, 6.07) is 9.89. The fraction of sp³-hybridized carbons (Fsp3) is 0.286. The summed E-state index contributed by atoms with van der Waals surface area (Å²) >= 11 is 0. The van der Waals surface area contributed by atoms with Crippen LogP contribution >= 0.6 is 0 Å². The van der Waals surface area contributed by atoms with Gasteiger partial charge in [0.25, 0.3) is 0 Å². The Bertz CT molecular complexity index is 512. The predicted molar refractivity (Wildman–Crippen MR) is 73.2 cm³/mol. The molecule has 0 aliphatic heterocycles. The van der Waals surface area contributed by atoms with Gasteiger partial charge in [0.15, 0.2) is 0 Å². The minimum atomic E-state index is 0.389. The van der Waals surface area contributed by atoms with Crippen LogP contribution in [0, 0.1) is 0 Å². The Morgan fingerprint density at radius 2 is 1.65 bits per heavy atom. The number of ether oxygens (including phenoxy) is 2. The van der Waals surface area contributed by atoms with E-state index >= 15 is 0 Å². The Labute approximate surface area is 117 Å². The SMILES string of the molecule is COc1ncnc(OC)c1CNOCc1ccccc1. The molecule has 0 radical (unpaired) electrons. The highest BCUT2D eigenvalue weighted by molar-refractivity contribution is 5.33. The summed E-state index contributed by atoms with van der Waals surface area (Å²) < 4.78 is 10.4. The number of nitrogens with one attached hydrogen (secondary N) is 1. The molecule has 0 unspecified atom stereocenters. The van der Waals surface area contributed by atoms with E-state index in [0.29, 0.717) is 30.5 Å². The Kier molecular flexibility index (Phi) is 5.28. The Hall–Kier alpha value is -2.18. The topological polar surface area (TPSA) is 65.5 Å². The van der Waals surface area contributed by atoms with Crippen LogP contribution in [0.2, 0.25) is 0 Å². The third kappa shape index (κ3) is 3.66. The first-order chi connectivity index (χ1) is 9.85. The molecule has 1 heterocycles. The number of benzene rings is 1. The molecule has 6 nitrogen and oxygen atoms in total. The average Bonchev–Trinajstić information content (AvgIpc) is 2.52. The molecule has 106 valence electrons. The third-order valence-corrected chi connectivity index (χ3v) is 2.69. The van der Waals surface area contributed by atoms with Crippen LogP contribution in [-0.4, -0.2) is 24.2 Å². The molecule has 0 saturated heterocycles. The van der Waals surface area contributed by atoms with Gasteiger partial charge >= 0.3 is 0 Å². The fourth-order valence-electron chi connectivity index (χ4n) is 1.72. The largest absolute Gasteiger partial charge is 0.481 e. The second-order valence-corrected chi connectivity index (χ2v) is 3.97. The molecule has 0 bridgehead atoms. The molecule has 1 N–H and O–H groups in total. The van der Waals surface area contributed by atoms with Crippen LogP contribution in [0.25, 0.3) is 0 Å². The Morgan fingerprint density at radius 3 is 2.25 bits per heavy atom. The molecule has 1 aromatic carbocycles. The highest BCUT2D eigenvalue weighted by atomic mass is 16.6. The maximum Gasteiger partial charge on any atom is 0.224 e. The number of hydrogen-bond donors (Lipinski definition) is 1. The zero-order chi connectivity index (χ0) is 14.2. The highest BCUT2D eigenvalue weighted by Gasteiger charge is 2.12. The van der Waals surface area contributed by atoms with E-state index in [4.69, 9.17) is 14.3 Å². The summed E-state index contributed by atoms with van der Waals surface area (Å²) in [6.45, 7) is 0.860. The molecule has 0 aliphatic rings. The molecule has 2 aromatic rings. The van der Waals surface area contributed by atoms with Crippen molar-refractivity contribution in [2.75, 3.05) is 14.2 Å². The Balaban J connectivity index is 1.90. The van der Waals surface area contributed by atoms with Crippen LogP contribution < -0.4 is 15.0 Å². The number of hydrogen-bond acceptors (Lipinski definition) is 6. The van der Waals surface area contributed by atoms with E-state index in [1.54, 1.807) is 14.2 Å². The van der Waals surface area contributed by atoms with Crippen molar-refractivity contribution in [1.29, 1.82) is 0 Å². The normalized spacial score (nSPS) is 10.3. The van der Waals surface area contributed by atoms with E-state index in [1.165, 1.54) is 6.33 Å². The van der Waals surface area contributed by atoms with Crippen molar-refractivity contribution in [1.82, 2.24) is 15.4 Å². The van der Waals surface area contributed by atoms with E-state index in [0.717, 1.165) is 5.56 Å². The molecule has 1 aromatic heterocycles. The second kappa shape index (κ2) is 7.42. The smallest absolute Gasteiger partial charge is 0.224 e. The van der Waals surface area contributed by atoms with E-state index in [1.807, 2.05) is 30.3 Å². The number of aromatic nitrogens is 2. The summed E-state index contributed by atoms with van der Waals surface area (Å²) in [5.74, 6) is 0.931. The van der Waals surface area contributed by atoms with Crippen molar-refractivity contribution in [3.05, 3.63) is 47.8 Å². The van der Waals surface area contributed by atoms with Crippen LogP contribution in [0.5, 0.6) is 11.8 Å². The lowest BCUT2D eigenvalue weighted by Crippen LogP contribution is -2.16. The van der Waals surface area contributed by atoms with Gasteiger partial charge in [0.1, 0.15) is 6.33 Å². The van der Waals surface area contributed by atoms with E-state index in [9.17, 15) is 0 Å². The summed E-state index contributed by atoms with van der Waals surface area (Å²) in [5.41, 5.74) is 4.66. The molecular formula is C14H17N3O3. The van der Waals surface area contributed by atoms with Gasteiger partial charge in [-0.15, -0.1) is 0 Å². The van der Waals surface area contributed by atoms with Gasteiger partial charge < -0.3 is 9.47 Å². The molecule has 0 atom stereocenters. The average molecular weight is 275 g/mol. The van der Waals surface area contributed by atoms with Crippen molar-refractivity contribution >= 4 is 0 Å². The lowest BCUT2D eigenvalue weighted by molar-refractivity contribution is 0.0226. The van der Waals surface area contributed by atoms with Gasteiger partial charge in [0.05, 0.1) is 32.9 Å². The molecule has 0 spiro atoms. The van der Waals surface area contributed by atoms with Crippen molar-refractivity contribution < 1.29 is 14.3 Å². The van der Waals surface area contributed by atoms with E-state index in [2.05, 4.69) is 15.4 Å². The molecule has 0 aliphatic carbocycles. The zero-order valence-electron chi connectivity index (χ0n) is 11.5. The molecule has 20 heavy (non-hydrogen) atoms. The summed E-state index contributed by atoms with van der Waals surface area (Å²) in [5, 5.41) is 0. The molecular weight excluding hydrogens is 258 g/mol. The minimum absolute atomic E-state index is 0.389. The highest BCUT2D eigenvalue weighted by Crippen LogP contribution is 2.22. The summed E-state index contributed by atoms with van der Waals surface area (Å²) in [7, 11) is 3.10. The molecule has 2 rings (SSSR count). The standard InChI is InChI=1S/C14H17N3O3/c1-18-13-12(14(19-2)16-10-15-13)8-17-20-9-11-6-4-3-5-7-11/h3-7,10,17H,8-9H2,1-2H3. The first-order valence-electron chi connectivity index (χ1n) is 6.15. The van der Waals surface area contributed by atoms with Gasteiger partial charge in [-0.2, -0.15) is 5.48 Å². The molecule has 0 fully saturated rings. The Morgan fingerprint density at radius 1 is 1.00 bits per heavy atom. The van der Waals surface area contributed by atoms with Crippen LogP contribution in [0.1, 0.15) is 11.1 Å². The van der Waals surface area contributed by atoms with Gasteiger partial charge in [-0.05, 0) is 5.56 Å². The van der Waals surface area contributed by atoms with Gasteiger partial charge in [0.2, 0.25) is 11.8 Å². The van der Waals surface area contributed by atoms with E-state index < -0.39 is 0 Å². The monoisotopic (exact) mass is 275 g/mol. The number of nitrogens with zero attached hydrogens (tertiary/aromatic N) is 2. The van der Waals surface area contributed by atoms with E-state index in [-0.39, 0.29) is 0 Å². The third-order valence-electron chi connectivity index (χ3n) is 2.69. The van der Waals surface area contributed by atoms with Crippen LogP contribution in [0.3, 0.4) is 0 Å². The van der Waals surface area contributed by atoms with Crippen LogP contribution in [0.4, 0.5) is 0 Å². The maximum absolute atomic E-state index is 5.41.